The summed E-state index contributed by atoms with van der Waals surface area (Å²) < 4.78 is 5.27. The van der Waals surface area contributed by atoms with Gasteiger partial charge in [0, 0.05) is 29.7 Å². The lowest BCUT2D eigenvalue weighted by Gasteiger charge is -2.26. The Morgan fingerprint density at radius 2 is 2.17 bits per heavy atom. The number of benzene rings is 1. The summed E-state index contributed by atoms with van der Waals surface area (Å²) in [6.07, 6.45) is 0.741. The van der Waals surface area contributed by atoms with Gasteiger partial charge in [-0.2, -0.15) is 0 Å². The Kier molecular flexibility index (Phi) is 4.03. The molecule has 1 fully saturated rings. The van der Waals surface area contributed by atoms with E-state index in [-0.39, 0.29) is 11.8 Å². The second kappa shape index (κ2) is 6.33. The average Bonchev–Trinajstić information content (AvgIpc) is 3.20. The van der Waals surface area contributed by atoms with Crippen LogP contribution in [0.4, 0.5) is 5.69 Å². The largest absolute Gasteiger partial charge is 0.378 e. The second-order valence-electron chi connectivity index (χ2n) is 5.89. The zero-order valence-corrected chi connectivity index (χ0v) is 13.9. The number of thiazole rings is 1. The standard InChI is InChI=1S/C17H17N3O3S/c21-15-8-12-7-11(1-2-13(12)18-15)14-10-24-16(19-14)9-17(22)20-3-5-23-6-4-20/h1-2,7,10H,3-6,8-9H2,(H,18,21). The molecule has 0 bridgehead atoms. The van der Waals surface area contributed by atoms with Crippen molar-refractivity contribution in [3.63, 3.8) is 0 Å². The number of aromatic nitrogens is 1. The van der Waals surface area contributed by atoms with Crippen LogP contribution in [0, 0.1) is 0 Å². The zero-order valence-electron chi connectivity index (χ0n) is 13.1. The van der Waals surface area contributed by atoms with Crippen LogP contribution >= 0.6 is 11.3 Å². The summed E-state index contributed by atoms with van der Waals surface area (Å²) in [4.78, 5) is 30.2. The molecule has 1 saturated heterocycles. The highest BCUT2D eigenvalue weighted by Crippen LogP contribution is 2.29. The molecule has 124 valence electrons. The fraction of sp³-hybridized carbons (Fsp3) is 0.353. The van der Waals surface area contributed by atoms with E-state index in [2.05, 4.69) is 10.3 Å². The number of nitrogens with zero attached hydrogens (tertiary/aromatic N) is 2. The minimum absolute atomic E-state index is 0.0252. The number of rotatable bonds is 3. The molecule has 3 heterocycles. The highest BCUT2D eigenvalue weighted by molar-refractivity contribution is 7.10. The van der Waals surface area contributed by atoms with E-state index in [9.17, 15) is 9.59 Å². The quantitative estimate of drug-likeness (QED) is 0.921. The smallest absolute Gasteiger partial charge is 0.229 e. The van der Waals surface area contributed by atoms with Crippen LogP contribution in [0.2, 0.25) is 0 Å². The fourth-order valence-corrected chi connectivity index (χ4v) is 3.76. The highest BCUT2D eigenvalue weighted by atomic mass is 32.1. The SMILES string of the molecule is O=C1Cc2cc(-c3csc(CC(=O)N4CCOCC4)n3)ccc2N1. The number of nitrogens with one attached hydrogen (secondary N) is 1. The monoisotopic (exact) mass is 343 g/mol. The van der Waals surface area contributed by atoms with Crippen LogP contribution in [0.25, 0.3) is 11.3 Å². The zero-order chi connectivity index (χ0) is 16.5. The van der Waals surface area contributed by atoms with Crippen molar-refractivity contribution >= 4 is 28.8 Å². The topological polar surface area (TPSA) is 71.5 Å². The minimum Gasteiger partial charge on any atom is -0.378 e. The lowest BCUT2D eigenvalue weighted by atomic mass is 10.1. The predicted octanol–water partition coefficient (Wildman–Crippen LogP) is 1.71. The number of ether oxygens (including phenoxy) is 1. The van der Waals surface area contributed by atoms with E-state index in [1.54, 1.807) is 0 Å². The lowest BCUT2D eigenvalue weighted by molar-refractivity contribution is -0.134. The molecular formula is C17H17N3O3S. The van der Waals surface area contributed by atoms with Crippen molar-refractivity contribution in [3.05, 3.63) is 34.2 Å². The van der Waals surface area contributed by atoms with Gasteiger partial charge in [-0.15, -0.1) is 11.3 Å². The number of fused-ring (bicyclic) bond motifs is 1. The minimum atomic E-state index is 0.0252. The van der Waals surface area contributed by atoms with Crippen molar-refractivity contribution in [2.24, 2.45) is 0 Å². The van der Waals surface area contributed by atoms with Crippen molar-refractivity contribution in [2.75, 3.05) is 31.6 Å². The molecule has 2 aliphatic heterocycles. The number of hydrogen-bond donors (Lipinski definition) is 1. The molecule has 4 rings (SSSR count). The number of carbonyl (C=O) groups is 2. The van der Waals surface area contributed by atoms with E-state index < -0.39 is 0 Å². The first kappa shape index (κ1) is 15.3. The van der Waals surface area contributed by atoms with Gasteiger partial charge in [-0.05, 0) is 17.7 Å². The molecule has 6 nitrogen and oxygen atoms in total. The molecule has 0 unspecified atom stereocenters. The molecule has 0 atom stereocenters. The summed E-state index contributed by atoms with van der Waals surface area (Å²) in [5, 5.41) is 5.61. The third kappa shape index (κ3) is 3.05. The van der Waals surface area contributed by atoms with Gasteiger partial charge in [0.1, 0.15) is 5.01 Å². The van der Waals surface area contributed by atoms with Gasteiger partial charge in [-0.3, -0.25) is 9.59 Å². The van der Waals surface area contributed by atoms with Crippen LogP contribution in [-0.4, -0.2) is 48.0 Å². The molecule has 24 heavy (non-hydrogen) atoms. The molecule has 1 N–H and O–H groups in total. The van der Waals surface area contributed by atoms with Gasteiger partial charge < -0.3 is 15.0 Å². The van der Waals surface area contributed by atoms with Gasteiger partial charge in [0.05, 0.1) is 31.7 Å². The number of morpholine rings is 1. The van der Waals surface area contributed by atoms with Gasteiger partial charge in [0.25, 0.3) is 0 Å². The Morgan fingerprint density at radius 3 is 3.00 bits per heavy atom. The highest BCUT2D eigenvalue weighted by Gasteiger charge is 2.20. The normalized spacial score (nSPS) is 16.8. The fourth-order valence-electron chi connectivity index (χ4n) is 2.97. The van der Waals surface area contributed by atoms with Gasteiger partial charge in [0.15, 0.2) is 0 Å². The third-order valence-electron chi connectivity index (χ3n) is 4.24. The maximum atomic E-state index is 12.3. The Balaban J connectivity index is 1.48. The first-order valence-corrected chi connectivity index (χ1v) is 8.80. The van der Waals surface area contributed by atoms with E-state index in [0.29, 0.717) is 39.1 Å². The first-order valence-electron chi connectivity index (χ1n) is 7.92. The molecular weight excluding hydrogens is 326 g/mol. The summed E-state index contributed by atoms with van der Waals surface area (Å²) in [5.41, 5.74) is 3.71. The van der Waals surface area contributed by atoms with Gasteiger partial charge in [-0.1, -0.05) is 6.07 Å². The average molecular weight is 343 g/mol. The molecule has 2 aliphatic rings. The summed E-state index contributed by atoms with van der Waals surface area (Å²) >= 11 is 1.50. The molecule has 0 aliphatic carbocycles. The van der Waals surface area contributed by atoms with E-state index in [0.717, 1.165) is 27.5 Å². The number of amides is 2. The Labute approximate surface area is 143 Å². The van der Waals surface area contributed by atoms with Crippen molar-refractivity contribution in [2.45, 2.75) is 12.8 Å². The van der Waals surface area contributed by atoms with Crippen LogP contribution in [0.5, 0.6) is 0 Å². The lowest BCUT2D eigenvalue weighted by Crippen LogP contribution is -2.41. The van der Waals surface area contributed by atoms with Gasteiger partial charge in [-0.25, -0.2) is 4.98 Å². The predicted molar refractivity (Wildman–Crippen MR) is 91.0 cm³/mol. The molecule has 0 saturated carbocycles. The summed E-state index contributed by atoms with van der Waals surface area (Å²) in [7, 11) is 0. The molecule has 1 aromatic heterocycles. The molecule has 2 aromatic rings. The molecule has 2 amide bonds. The molecule has 0 radical (unpaired) electrons. The van der Waals surface area contributed by atoms with E-state index in [1.807, 2.05) is 28.5 Å². The van der Waals surface area contributed by atoms with Gasteiger partial charge >= 0.3 is 0 Å². The molecule has 7 heteroatoms. The number of hydrogen-bond acceptors (Lipinski definition) is 5. The number of carbonyl (C=O) groups excluding carboxylic acids is 2. The van der Waals surface area contributed by atoms with Crippen LogP contribution in [0.3, 0.4) is 0 Å². The van der Waals surface area contributed by atoms with Crippen LogP contribution < -0.4 is 5.32 Å². The number of anilines is 1. The van der Waals surface area contributed by atoms with Gasteiger partial charge in [0.2, 0.25) is 11.8 Å². The molecule has 1 aromatic carbocycles. The van der Waals surface area contributed by atoms with Crippen molar-refractivity contribution in [3.8, 4) is 11.3 Å². The summed E-state index contributed by atoms with van der Waals surface area (Å²) in [5.74, 6) is 0.125. The van der Waals surface area contributed by atoms with E-state index in [4.69, 9.17) is 4.74 Å². The van der Waals surface area contributed by atoms with Crippen LogP contribution in [0.15, 0.2) is 23.6 Å². The Morgan fingerprint density at radius 1 is 1.33 bits per heavy atom. The van der Waals surface area contributed by atoms with Crippen molar-refractivity contribution in [1.82, 2.24) is 9.88 Å². The van der Waals surface area contributed by atoms with E-state index >= 15 is 0 Å². The maximum absolute atomic E-state index is 12.3. The Bertz CT molecular complexity index is 796. The first-order chi connectivity index (χ1) is 11.7. The maximum Gasteiger partial charge on any atom is 0.229 e. The third-order valence-corrected chi connectivity index (χ3v) is 5.09. The van der Waals surface area contributed by atoms with Crippen molar-refractivity contribution in [1.29, 1.82) is 0 Å². The Hall–Kier alpha value is -2.25. The summed E-state index contributed by atoms with van der Waals surface area (Å²) in [6.45, 7) is 2.53. The second-order valence-corrected chi connectivity index (χ2v) is 6.84. The van der Waals surface area contributed by atoms with Crippen LogP contribution in [0.1, 0.15) is 10.6 Å². The van der Waals surface area contributed by atoms with E-state index in [1.165, 1.54) is 11.3 Å². The van der Waals surface area contributed by atoms with Crippen molar-refractivity contribution < 1.29 is 14.3 Å². The summed E-state index contributed by atoms with van der Waals surface area (Å²) in [6, 6.07) is 5.86. The molecule has 0 spiro atoms. The van der Waals surface area contributed by atoms with Crippen LogP contribution in [-0.2, 0) is 27.2 Å².